The minimum atomic E-state index is -0.224. The Labute approximate surface area is 122 Å². The second-order valence-electron chi connectivity index (χ2n) is 4.57. The summed E-state index contributed by atoms with van der Waals surface area (Å²) in [6.07, 6.45) is 8.43. The third-order valence-corrected chi connectivity index (χ3v) is 5.25. The Hall–Kier alpha value is -0.810. The van der Waals surface area contributed by atoms with Gasteiger partial charge in [0.1, 0.15) is 4.88 Å². The van der Waals surface area contributed by atoms with Gasteiger partial charge in [-0.25, -0.2) is 9.78 Å². The Kier molecular flexibility index (Phi) is 5.05. The van der Waals surface area contributed by atoms with Crippen LogP contribution in [0.5, 0.6) is 0 Å². The van der Waals surface area contributed by atoms with Crippen molar-refractivity contribution < 1.29 is 9.53 Å². The van der Waals surface area contributed by atoms with Crippen LogP contribution in [0.15, 0.2) is 16.5 Å². The van der Waals surface area contributed by atoms with Crippen molar-refractivity contribution in [1.82, 2.24) is 4.98 Å². The van der Waals surface area contributed by atoms with Gasteiger partial charge in [-0.15, -0.1) is 11.3 Å². The van der Waals surface area contributed by atoms with Crippen LogP contribution in [-0.2, 0) is 11.2 Å². The average Bonchev–Trinajstić information content (AvgIpc) is 2.98. The highest BCUT2D eigenvalue weighted by atomic mass is 32.2. The number of thioether (sulfide) groups is 1. The maximum atomic E-state index is 11.9. The summed E-state index contributed by atoms with van der Waals surface area (Å²) < 4.78 is 6.06. The van der Waals surface area contributed by atoms with Crippen molar-refractivity contribution in [2.24, 2.45) is 11.8 Å². The number of esters is 1. The zero-order valence-electron chi connectivity index (χ0n) is 11.5. The summed E-state index contributed by atoms with van der Waals surface area (Å²) in [4.78, 5) is 17.2. The van der Waals surface area contributed by atoms with Gasteiger partial charge in [-0.05, 0) is 44.8 Å². The Morgan fingerprint density at radius 2 is 2.42 bits per heavy atom. The topological polar surface area (TPSA) is 39.2 Å². The molecule has 1 aromatic rings. The summed E-state index contributed by atoms with van der Waals surface area (Å²) in [5.74, 6) is 1.08. The van der Waals surface area contributed by atoms with Crippen LogP contribution in [0, 0.1) is 11.8 Å². The van der Waals surface area contributed by atoms with E-state index in [1.165, 1.54) is 17.8 Å². The fraction of sp³-hybridized carbons (Fsp3) is 0.571. The lowest BCUT2D eigenvalue weighted by Crippen LogP contribution is -2.06. The van der Waals surface area contributed by atoms with Crippen molar-refractivity contribution in [1.29, 1.82) is 0 Å². The van der Waals surface area contributed by atoms with E-state index < -0.39 is 0 Å². The lowest BCUT2D eigenvalue weighted by atomic mass is 10.1. The maximum absolute atomic E-state index is 11.9. The van der Waals surface area contributed by atoms with Crippen molar-refractivity contribution in [3.8, 4) is 0 Å². The molecule has 104 valence electrons. The minimum absolute atomic E-state index is 0.224. The third-order valence-electron chi connectivity index (χ3n) is 3.19. The smallest absolute Gasteiger partial charge is 0.350 e. The summed E-state index contributed by atoms with van der Waals surface area (Å²) in [7, 11) is 0. The molecule has 0 radical (unpaired) electrons. The third kappa shape index (κ3) is 3.60. The van der Waals surface area contributed by atoms with E-state index in [4.69, 9.17) is 4.74 Å². The molecule has 1 saturated carbocycles. The van der Waals surface area contributed by atoms with Crippen LogP contribution in [0.1, 0.15) is 35.6 Å². The molecule has 2 atom stereocenters. The maximum Gasteiger partial charge on any atom is 0.350 e. The van der Waals surface area contributed by atoms with Gasteiger partial charge in [0, 0.05) is 0 Å². The molecule has 1 heterocycles. The fourth-order valence-corrected chi connectivity index (χ4v) is 3.65. The molecule has 1 aliphatic rings. The molecule has 0 aromatic carbocycles. The number of carbonyl (C=O) groups is 1. The monoisotopic (exact) mass is 297 g/mol. The van der Waals surface area contributed by atoms with Crippen molar-refractivity contribution in [3.05, 3.63) is 22.7 Å². The Balaban J connectivity index is 2.10. The first-order chi connectivity index (χ1) is 9.19. The summed E-state index contributed by atoms with van der Waals surface area (Å²) in [6.45, 7) is 4.29. The van der Waals surface area contributed by atoms with E-state index in [9.17, 15) is 4.79 Å². The predicted octanol–water partition coefficient (Wildman–Crippen LogP) is 3.80. The number of hydrogen-bond acceptors (Lipinski definition) is 5. The molecular formula is C14H19NO2S2. The lowest BCUT2D eigenvalue weighted by molar-refractivity contribution is 0.0530. The molecule has 0 N–H and O–H groups in total. The highest BCUT2D eigenvalue weighted by Gasteiger charge is 2.36. The second kappa shape index (κ2) is 6.57. The standard InChI is InChI=1S/C14H19NO2S2/c1-4-6-9-7-10(9)8-11-12(13(16)17-5-2)19-14(15-11)18-3/h4,6,9-10H,5,7-8H2,1-3H3. The van der Waals surface area contributed by atoms with Crippen LogP contribution >= 0.6 is 23.1 Å². The summed E-state index contributed by atoms with van der Waals surface area (Å²) in [6, 6.07) is 0. The van der Waals surface area contributed by atoms with Crippen molar-refractivity contribution in [2.75, 3.05) is 12.9 Å². The molecule has 2 unspecified atom stereocenters. The number of thiazole rings is 1. The molecule has 0 aliphatic heterocycles. The van der Waals surface area contributed by atoms with E-state index in [1.807, 2.05) is 20.1 Å². The van der Waals surface area contributed by atoms with Crippen LogP contribution in [0.3, 0.4) is 0 Å². The largest absolute Gasteiger partial charge is 0.462 e. The Bertz CT molecular complexity index is 482. The van der Waals surface area contributed by atoms with Gasteiger partial charge in [-0.2, -0.15) is 0 Å². The van der Waals surface area contributed by atoms with Crippen LogP contribution in [-0.4, -0.2) is 23.8 Å². The van der Waals surface area contributed by atoms with Crippen molar-refractivity contribution in [3.63, 3.8) is 0 Å². The van der Waals surface area contributed by atoms with Crippen molar-refractivity contribution in [2.45, 2.75) is 31.0 Å². The molecule has 1 fully saturated rings. The SMILES string of the molecule is CC=CC1CC1Cc1nc(SC)sc1C(=O)OCC. The highest BCUT2D eigenvalue weighted by molar-refractivity contribution is 8.00. The van der Waals surface area contributed by atoms with Crippen LogP contribution < -0.4 is 0 Å². The molecule has 1 aromatic heterocycles. The molecule has 0 bridgehead atoms. The van der Waals surface area contributed by atoms with Gasteiger partial charge >= 0.3 is 5.97 Å². The van der Waals surface area contributed by atoms with Gasteiger partial charge < -0.3 is 4.74 Å². The van der Waals surface area contributed by atoms with Gasteiger partial charge in [0.2, 0.25) is 0 Å². The van der Waals surface area contributed by atoms with E-state index in [2.05, 4.69) is 17.1 Å². The first-order valence-electron chi connectivity index (χ1n) is 6.53. The van der Waals surface area contributed by atoms with Crippen LogP contribution in [0.25, 0.3) is 0 Å². The number of hydrogen-bond donors (Lipinski definition) is 0. The molecule has 19 heavy (non-hydrogen) atoms. The minimum Gasteiger partial charge on any atom is -0.462 e. The number of allylic oxidation sites excluding steroid dienone is 2. The summed E-state index contributed by atoms with van der Waals surface area (Å²) in [5, 5.41) is 0. The molecular weight excluding hydrogens is 278 g/mol. The highest BCUT2D eigenvalue weighted by Crippen LogP contribution is 2.43. The Morgan fingerprint density at radius 3 is 3.05 bits per heavy atom. The normalized spacial score (nSPS) is 21.8. The van der Waals surface area contributed by atoms with Gasteiger partial charge in [0.15, 0.2) is 4.34 Å². The number of nitrogens with zero attached hydrogens (tertiary/aromatic N) is 1. The molecule has 0 spiro atoms. The lowest BCUT2D eigenvalue weighted by Gasteiger charge is -2.01. The molecule has 0 saturated heterocycles. The zero-order chi connectivity index (χ0) is 13.8. The van der Waals surface area contributed by atoms with Crippen LogP contribution in [0.2, 0.25) is 0 Å². The van der Waals surface area contributed by atoms with E-state index in [0.29, 0.717) is 23.3 Å². The van der Waals surface area contributed by atoms with E-state index in [0.717, 1.165) is 16.5 Å². The molecule has 1 aliphatic carbocycles. The number of rotatable bonds is 6. The number of carbonyl (C=O) groups excluding carboxylic acids is 1. The average molecular weight is 297 g/mol. The number of aromatic nitrogens is 1. The quantitative estimate of drug-likeness (QED) is 0.455. The molecule has 2 rings (SSSR count). The van der Waals surface area contributed by atoms with Gasteiger partial charge in [-0.3, -0.25) is 0 Å². The summed E-state index contributed by atoms with van der Waals surface area (Å²) in [5.41, 5.74) is 0.921. The Morgan fingerprint density at radius 1 is 1.63 bits per heavy atom. The van der Waals surface area contributed by atoms with E-state index in [1.54, 1.807) is 11.8 Å². The number of ether oxygens (including phenoxy) is 1. The van der Waals surface area contributed by atoms with Crippen molar-refractivity contribution >= 4 is 29.1 Å². The molecule has 0 amide bonds. The van der Waals surface area contributed by atoms with Gasteiger partial charge in [0.05, 0.1) is 12.3 Å². The summed E-state index contributed by atoms with van der Waals surface area (Å²) >= 11 is 3.03. The van der Waals surface area contributed by atoms with Gasteiger partial charge in [0.25, 0.3) is 0 Å². The first kappa shape index (κ1) is 14.6. The molecule has 5 heteroatoms. The fourth-order valence-electron chi connectivity index (χ4n) is 2.15. The zero-order valence-corrected chi connectivity index (χ0v) is 13.1. The van der Waals surface area contributed by atoms with Gasteiger partial charge in [-0.1, -0.05) is 23.9 Å². The first-order valence-corrected chi connectivity index (χ1v) is 8.57. The second-order valence-corrected chi connectivity index (χ2v) is 6.62. The molecule has 3 nitrogen and oxygen atoms in total. The van der Waals surface area contributed by atoms with E-state index in [-0.39, 0.29) is 5.97 Å². The van der Waals surface area contributed by atoms with E-state index >= 15 is 0 Å². The predicted molar refractivity (Wildman–Crippen MR) is 80.0 cm³/mol. The van der Waals surface area contributed by atoms with Crippen LogP contribution in [0.4, 0.5) is 0 Å².